The van der Waals surface area contributed by atoms with E-state index in [1.165, 1.54) is 6.20 Å². The molecule has 1 aliphatic heterocycles. The lowest BCUT2D eigenvalue weighted by atomic mass is 10.2. The van der Waals surface area contributed by atoms with Gasteiger partial charge in [-0.15, -0.1) is 11.8 Å². The van der Waals surface area contributed by atoms with Crippen LogP contribution in [0.25, 0.3) is 0 Å². The molecule has 28 heavy (non-hydrogen) atoms. The van der Waals surface area contributed by atoms with Crippen molar-refractivity contribution < 1.29 is 51.5 Å². The SMILES string of the molecule is O=c1ccn([C@H]2CC(O)[C@H](COP(=O)(O)OP(=O)(O)OP(=O)(O)O)S2)c(=O)[nH]1. The summed E-state index contributed by atoms with van der Waals surface area (Å²) in [5.41, 5.74) is -1.35. The monoisotopic (exact) mass is 484 g/mol. The Hall–Kier alpha value is -0.600. The van der Waals surface area contributed by atoms with E-state index in [1.54, 1.807) is 0 Å². The topological polar surface area (TPSA) is 235 Å². The first-order valence-corrected chi connectivity index (χ1v) is 12.6. The van der Waals surface area contributed by atoms with Gasteiger partial charge >= 0.3 is 29.2 Å². The number of rotatable bonds is 8. The summed E-state index contributed by atoms with van der Waals surface area (Å²) in [6.07, 6.45) is 0.0956. The second-order valence-corrected chi connectivity index (χ2v) is 11.2. The van der Waals surface area contributed by atoms with E-state index in [0.717, 1.165) is 22.4 Å². The van der Waals surface area contributed by atoms with Crippen molar-refractivity contribution in [1.29, 1.82) is 0 Å². The van der Waals surface area contributed by atoms with Crippen LogP contribution >= 0.6 is 35.2 Å². The minimum absolute atomic E-state index is 0.0149. The Morgan fingerprint density at radius 3 is 2.36 bits per heavy atom. The summed E-state index contributed by atoms with van der Waals surface area (Å²) in [6, 6.07) is 1.09. The minimum atomic E-state index is -5.63. The zero-order valence-electron chi connectivity index (χ0n) is 13.5. The zero-order valence-corrected chi connectivity index (χ0v) is 17.0. The molecule has 1 fully saturated rings. The van der Waals surface area contributed by atoms with Crippen molar-refractivity contribution in [2.24, 2.45) is 0 Å². The summed E-state index contributed by atoms with van der Waals surface area (Å²) >= 11 is 0.951. The average Bonchev–Trinajstić information content (AvgIpc) is 2.82. The number of aliphatic hydroxyl groups excluding tert-OH is 1. The van der Waals surface area contributed by atoms with E-state index in [9.17, 15) is 33.3 Å². The van der Waals surface area contributed by atoms with E-state index < -0.39 is 58.1 Å². The first-order chi connectivity index (χ1) is 12.7. The van der Waals surface area contributed by atoms with Crippen molar-refractivity contribution in [2.45, 2.75) is 23.1 Å². The van der Waals surface area contributed by atoms with E-state index in [2.05, 4.69) is 13.1 Å². The number of nitrogens with one attached hydrogen (secondary N) is 1. The molecule has 0 aliphatic carbocycles. The van der Waals surface area contributed by atoms with Crippen molar-refractivity contribution in [3.8, 4) is 0 Å². The highest BCUT2D eigenvalue weighted by atomic mass is 32.2. The van der Waals surface area contributed by atoms with E-state index in [-0.39, 0.29) is 6.42 Å². The van der Waals surface area contributed by atoms with E-state index >= 15 is 0 Å². The molecule has 1 aromatic rings. The molecule has 3 unspecified atom stereocenters. The predicted octanol–water partition coefficient (Wildman–Crippen LogP) is -0.755. The van der Waals surface area contributed by atoms with Crippen LogP contribution in [0, 0.1) is 0 Å². The van der Waals surface area contributed by atoms with Crippen molar-refractivity contribution in [3.63, 3.8) is 0 Å². The number of aromatic nitrogens is 2. The van der Waals surface area contributed by atoms with Crippen LogP contribution in [0.15, 0.2) is 21.9 Å². The molecule has 160 valence electrons. The number of H-pyrrole nitrogens is 1. The molecule has 6 N–H and O–H groups in total. The van der Waals surface area contributed by atoms with Crippen molar-refractivity contribution >= 4 is 35.2 Å². The van der Waals surface area contributed by atoms with Crippen LogP contribution in [0.1, 0.15) is 11.8 Å². The number of hydrogen-bond acceptors (Lipinski definition) is 10. The summed E-state index contributed by atoms with van der Waals surface area (Å²) in [7, 11) is -16.4. The Bertz CT molecular complexity index is 970. The van der Waals surface area contributed by atoms with Gasteiger partial charge in [0, 0.05) is 18.7 Å². The van der Waals surface area contributed by atoms with Crippen molar-refractivity contribution in [1.82, 2.24) is 9.55 Å². The summed E-state index contributed by atoms with van der Waals surface area (Å²) in [5.74, 6) is 0. The van der Waals surface area contributed by atoms with Gasteiger partial charge in [-0.2, -0.15) is 8.62 Å². The third kappa shape index (κ3) is 7.02. The molecule has 0 spiro atoms. The van der Waals surface area contributed by atoms with Gasteiger partial charge in [-0.25, -0.2) is 18.5 Å². The van der Waals surface area contributed by atoms with Crippen LogP contribution in [0.3, 0.4) is 0 Å². The van der Waals surface area contributed by atoms with Crippen LogP contribution in [0.2, 0.25) is 0 Å². The number of phosphoric acid groups is 3. The van der Waals surface area contributed by atoms with Gasteiger partial charge in [0.2, 0.25) is 0 Å². The van der Waals surface area contributed by atoms with E-state index in [1.807, 2.05) is 4.98 Å². The highest BCUT2D eigenvalue weighted by Gasteiger charge is 2.42. The maximum absolute atomic E-state index is 11.8. The molecule has 0 amide bonds. The van der Waals surface area contributed by atoms with E-state index in [0.29, 0.717) is 0 Å². The Balaban J connectivity index is 1.99. The normalized spacial score (nSPS) is 27.2. The molecule has 2 heterocycles. The summed E-state index contributed by atoms with van der Waals surface area (Å²) in [5, 5.41) is 8.49. The molecule has 0 radical (unpaired) electrons. The molecule has 2 rings (SSSR count). The lowest BCUT2D eigenvalue weighted by molar-refractivity contribution is 0.125. The Morgan fingerprint density at radius 2 is 1.79 bits per heavy atom. The van der Waals surface area contributed by atoms with Gasteiger partial charge in [-0.3, -0.25) is 18.9 Å². The predicted molar refractivity (Wildman–Crippen MR) is 92.2 cm³/mol. The standard InChI is InChI=1S/C9H15N2O13P3S/c12-5-3-8(11-2-1-7(13)10-9(11)14)28-6(5)4-22-26(18,19)24-27(20,21)23-25(15,16)17/h1-2,5-6,8,12H,3-4H2,(H,18,19)(H,20,21)(H,10,13,14)(H2,15,16,17)/t5?,6-,8+/m0/s1. The Kier molecular flexibility index (Phi) is 7.31. The molecular weight excluding hydrogens is 469 g/mol. The smallest absolute Gasteiger partial charge is 0.392 e. The fourth-order valence-electron chi connectivity index (χ4n) is 2.16. The maximum Gasteiger partial charge on any atom is 0.490 e. The number of aliphatic hydroxyl groups is 1. The molecule has 1 aliphatic rings. The molecule has 0 saturated carbocycles. The van der Waals surface area contributed by atoms with Crippen LogP contribution in [-0.4, -0.2) is 52.2 Å². The molecule has 5 atom stereocenters. The highest BCUT2D eigenvalue weighted by Crippen LogP contribution is 2.66. The van der Waals surface area contributed by atoms with Crippen molar-refractivity contribution in [2.75, 3.05) is 6.61 Å². The fourth-order valence-corrected chi connectivity index (χ4v) is 6.75. The molecule has 15 nitrogen and oxygen atoms in total. The first kappa shape index (κ1) is 23.7. The first-order valence-electron chi connectivity index (χ1n) is 7.11. The minimum Gasteiger partial charge on any atom is -0.392 e. The second-order valence-electron chi connectivity index (χ2n) is 5.34. The van der Waals surface area contributed by atoms with Gasteiger partial charge in [0.15, 0.2) is 0 Å². The third-order valence-corrected chi connectivity index (χ3v) is 8.52. The molecule has 0 bridgehead atoms. The highest BCUT2D eigenvalue weighted by molar-refractivity contribution is 8.00. The molecule has 1 aromatic heterocycles. The third-order valence-electron chi connectivity index (χ3n) is 3.18. The summed E-state index contributed by atoms with van der Waals surface area (Å²) < 4.78 is 46.2. The lowest BCUT2D eigenvalue weighted by Crippen LogP contribution is -2.30. The Labute approximate surface area is 159 Å². The van der Waals surface area contributed by atoms with Gasteiger partial charge in [-0.05, 0) is 0 Å². The Morgan fingerprint density at radius 1 is 1.14 bits per heavy atom. The summed E-state index contributed by atoms with van der Waals surface area (Å²) in [6.45, 7) is -0.690. The molecular formula is C9H15N2O13P3S. The van der Waals surface area contributed by atoms with Crippen LogP contribution in [0.4, 0.5) is 0 Å². The number of hydrogen-bond donors (Lipinski definition) is 6. The van der Waals surface area contributed by atoms with Crippen molar-refractivity contribution in [3.05, 3.63) is 33.1 Å². The van der Waals surface area contributed by atoms with Crippen LogP contribution < -0.4 is 11.2 Å². The van der Waals surface area contributed by atoms with E-state index in [4.69, 9.17) is 14.7 Å². The van der Waals surface area contributed by atoms with Gasteiger partial charge < -0.3 is 24.7 Å². The average molecular weight is 484 g/mol. The van der Waals surface area contributed by atoms with Crippen LogP contribution in [0.5, 0.6) is 0 Å². The van der Waals surface area contributed by atoms with Gasteiger partial charge in [0.25, 0.3) is 5.56 Å². The summed E-state index contributed by atoms with van der Waals surface area (Å²) in [4.78, 5) is 60.2. The molecule has 0 aromatic carbocycles. The van der Waals surface area contributed by atoms with Gasteiger partial charge in [-0.1, -0.05) is 0 Å². The van der Waals surface area contributed by atoms with Gasteiger partial charge in [0.05, 0.1) is 23.3 Å². The maximum atomic E-state index is 11.8. The number of thioether (sulfide) groups is 1. The second kappa shape index (κ2) is 8.64. The van der Waals surface area contributed by atoms with Gasteiger partial charge in [0.1, 0.15) is 0 Å². The largest absolute Gasteiger partial charge is 0.490 e. The number of aromatic amines is 1. The van der Waals surface area contributed by atoms with Crippen LogP contribution in [-0.2, 0) is 26.8 Å². The number of nitrogens with zero attached hydrogens (tertiary/aromatic N) is 1. The fraction of sp³-hybridized carbons (Fsp3) is 0.556. The molecule has 1 saturated heterocycles. The molecule has 19 heteroatoms. The lowest BCUT2D eigenvalue weighted by Gasteiger charge is -2.19. The zero-order chi connectivity index (χ0) is 21.3. The number of phosphoric ester groups is 1. The quantitative estimate of drug-likeness (QED) is 0.249.